The molecule has 0 spiro atoms. The molecule has 2 aromatic carbocycles. The van der Waals surface area contributed by atoms with Gasteiger partial charge in [0.25, 0.3) is 0 Å². The average Bonchev–Trinajstić information content (AvgIpc) is 2.97. The van der Waals surface area contributed by atoms with Gasteiger partial charge in [0.05, 0.1) is 19.6 Å². The Labute approximate surface area is 219 Å². The van der Waals surface area contributed by atoms with E-state index in [0.29, 0.717) is 12.4 Å². The largest absolute Gasteiger partial charge is 0.488 e. The summed E-state index contributed by atoms with van der Waals surface area (Å²) in [4.78, 5) is 16.8. The highest BCUT2D eigenvalue weighted by molar-refractivity contribution is 7.89. The number of aryl methyl sites for hydroxylation is 2. The molecule has 1 unspecified atom stereocenters. The van der Waals surface area contributed by atoms with Crippen LogP contribution in [0.2, 0.25) is 0 Å². The Hall–Kier alpha value is -3.23. The molecule has 8 heteroatoms. The summed E-state index contributed by atoms with van der Waals surface area (Å²) in [7, 11) is -3.75. The van der Waals surface area contributed by atoms with E-state index in [1.807, 2.05) is 50.4 Å². The van der Waals surface area contributed by atoms with E-state index in [2.05, 4.69) is 4.98 Å². The Morgan fingerprint density at radius 2 is 2.00 bits per heavy atom. The van der Waals surface area contributed by atoms with Gasteiger partial charge in [0.15, 0.2) is 0 Å². The summed E-state index contributed by atoms with van der Waals surface area (Å²) < 4.78 is 39.8. The molecule has 0 aliphatic carbocycles. The maximum Gasteiger partial charge on any atom is 0.306 e. The summed E-state index contributed by atoms with van der Waals surface area (Å²) in [6.07, 6.45) is 5.07. The quantitative estimate of drug-likeness (QED) is 0.367. The monoisotopic (exact) mass is 522 g/mol. The summed E-state index contributed by atoms with van der Waals surface area (Å²) in [5.74, 6) is 0.0775. The van der Waals surface area contributed by atoms with E-state index >= 15 is 0 Å². The minimum absolute atomic E-state index is 0.0673. The van der Waals surface area contributed by atoms with Gasteiger partial charge in [0, 0.05) is 18.9 Å². The standard InChI is InChI=1S/C29H34N2O5S/c1-4-35-29(32)17-25(14-12-23-8-7-15-30-18-23)24-13-11-21(2)26(16-24)20-31-19-22(3)36-27-9-5-6-10-28(27)37(31,33)34/h5-11,13,15-16,18,22,25H,4,12,14,17,19-20H2,1-3H3/t22-,25?/m1/s1. The van der Waals surface area contributed by atoms with Crippen molar-refractivity contribution >= 4 is 16.0 Å². The number of ether oxygens (including phenoxy) is 2. The Bertz CT molecular complexity index is 1330. The van der Waals surface area contributed by atoms with Gasteiger partial charge in [-0.15, -0.1) is 0 Å². The molecule has 0 N–H and O–H groups in total. The van der Waals surface area contributed by atoms with E-state index in [4.69, 9.17) is 9.47 Å². The number of para-hydroxylation sites is 1. The van der Waals surface area contributed by atoms with Crippen LogP contribution in [0, 0.1) is 6.92 Å². The SMILES string of the molecule is CCOC(=O)CC(CCc1cccnc1)c1ccc(C)c(CN2C[C@@H](C)Oc3ccccc3S2(=O)=O)c1. The molecule has 1 aliphatic heterocycles. The molecule has 196 valence electrons. The highest BCUT2D eigenvalue weighted by Gasteiger charge is 2.33. The van der Waals surface area contributed by atoms with Gasteiger partial charge in [-0.05, 0) is 80.0 Å². The summed E-state index contributed by atoms with van der Waals surface area (Å²) in [5.41, 5.74) is 4.00. The number of benzene rings is 2. The van der Waals surface area contributed by atoms with Gasteiger partial charge in [-0.3, -0.25) is 9.78 Å². The lowest BCUT2D eigenvalue weighted by atomic mass is 9.88. The number of hydrogen-bond donors (Lipinski definition) is 0. The zero-order valence-corrected chi connectivity index (χ0v) is 22.4. The Balaban J connectivity index is 1.62. The van der Waals surface area contributed by atoms with Crippen LogP contribution in [0.4, 0.5) is 0 Å². The normalized spacial score (nSPS) is 17.8. The lowest BCUT2D eigenvalue weighted by Gasteiger charge is -2.24. The molecule has 1 aromatic heterocycles. The molecule has 3 aromatic rings. The molecule has 1 aliphatic rings. The second-order valence-corrected chi connectivity index (χ2v) is 11.4. The van der Waals surface area contributed by atoms with Gasteiger partial charge in [-0.2, -0.15) is 4.31 Å². The third kappa shape index (κ3) is 6.56. The minimum Gasteiger partial charge on any atom is -0.488 e. The van der Waals surface area contributed by atoms with Crippen LogP contribution in [0.5, 0.6) is 5.75 Å². The van der Waals surface area contributed by atoms with Crippen LogP contribution >= 0.6 is 0 Å². The van der Waals surface area contributed by atoms with E-state index in [9.17, 15) is 13.2 Å². The molecule has 7 nitrogen and oxygen atoms in total. The van der Waals surface area contributed by atoms with Gasteiger partial charge < -0.3 is 9.47 Å². The molecule has 0 saturated heterocycles. The van der Waals surface area contributed by atoms with Crippen molar-refractivity contribution in [1.29, 1.82) is 0 Å². The number of fused-ring (bicyclic) bond motifs is 1. The third-order valence-electron chi connectivity index (χ3n) is 6.67. The topological polar surface area (TPSA) is 85.8 Å². The van der Waals surface area contributed by atoms with Crippen LogP contribution in [0.3, 0.4) is 0 Å². The number of carbonyl (C=O) groups excluding carboxylic acids is 1. The minimum atomic E-state index is -3.75. The zero-order valence-electron chi connectivity index (χ0n) is 21.6. The smallest absolute Gasteiger partial charge is 0.306 e. The van der Waals surface area contributed by atoms with E-state index in [1.165, 1.54) is 4.31 Å². The van der Waals surface area contributed by atoms with E-state index in [0.717, 1.165) is 35.1 Å². The van der Waals surface area contributed by atoms with Crippen molar-refractivity contribution in [2.24, 2.45) is 0 Å². The number of aromatic nitrogens is 1. The van der Waals surface area contributed by atoms with Gasteiger partial charge in [-0.1, -0.05) is 36.4 Å². The molecular weight excluding hydrogens is 488 g/mol. The molecule has 0 bridgehead atoms. The number of carbonyl (C=O) groups is 1. The van der Waals surface area contributed by atoms with Crippen molar-refractivity contribution < 1.29 is 22.7 Å². The number of hydrogen-bond acceptors (Lipinski definition) is 6. The third-order valence-corrected chi connectivity index (χ3v) is 8.52. The van der Waals surface area contributed by atoms with Crippen LogP contribution in [-0.2, 0) is 32.5 Å². The molecule has 2 atom stereocenters. The van der Waals surface area contributed by atoms with Gasteiger partial charge in [0.2, 0.25) is 10.0 Å². The first kappa shape index (κ1) is 26.8. The summed E-state index contributed by atoms with van der Waals surface area (Å²) in [6.45, 7) is 6.46. The maximum atomic E-state index is 13.6. The molecular formula is C29H34N2O5S. The van der Waals surface area contributed by atoms with Crippen LogP contribution < -0.4 is 4.74 Å². The molecule has 0 radical (unpaired) electrons. The fourth-order valence-corrected chi connectivity index (χ4v) is 6.30. The van der Waals surface area contributed by atoms with Crippen LogP contribution in [0.25, 0.3) is 0 Å². The molecule has 0 fully saturated rings. The van der Waals surface area contributed by atoms with Crippen molar-refractivity contribution in [3.05, 3.63) is 89.2 Å². The Morgan fingerprint density at radius 3 is 2.76 bits per heavy atom. The van der Waals surface area contributed by atoms with Crippen LogP contribution in [0.1, 0.15) is 54.9 Å². The lowest BCUT2D eigenvalue weighted by Crippen LogP contribution is -2.35. The molecule has 37 heavy (non-hydrogen) atoms. The first-order chi connectivity index (χ1) is 17.8. The fourth-order valence-electron chi connectivity index (χ4n) is 4.69. The predicted molar refractivity (Wildman–Crippen MR) is 142 cm³/mol. The summed E-state index contributed by atoms with van der Waals surface area (Å²) >= 11 is 0. The Kier molecular flexibility index (Phi) is 8.61. The average molecular weight is 523 g/mol. The first-order valence-corrected chi connectivity index (χ1v) is 14.1. The first-order valence-electron chi connectivity index (χ1n) is 12.7. The fraction of sp³-hybridized carbons (Fsp3) is 0.379. The van der Waals surface area contributed by atoms with Gasteiger partial charge in [-0.25, -0.2) is 8.42 Å². The lowest BCUT2D eigenvalue weighted by molar-refractivity contribution is -0.143. The van der Waals surface area contributed by atoms with Crippen LogP contribution in [0.15, 0.2) is 71.9 Å². The highest BCUT2D eigenvalue weighted by atomic mass is 32.2. The Morgan fingerprint density at radius 1 is 1.19 bits per heavy atom. The number of pyridine rings is 1. The summed E-state index contributed by atoms with van der Waals surface area (Å²) in [5, 5.41) is 0. The van der Waals surface area contributed by atoms with Gasteiger partial charge >= 0.3 is 5.97 Å². The molecule has 0 saturated carbocycles. The van der Waals surface area contributed by atoms with Crippen LogP contribution in [-0.4, -0.2) is 42.9 Å². The highest BCUT2D eigenvalue weighted by Crippen LogP contribution is 2.33. The van der Waals surface area contributed by atoms with Crippen molar-refractivity contribution in [1.82, 2.24) is 9.29 Å². The summed E-state index contributed by atoms with van der Waals surface area (Å²) in [6, 6.07) is 16.8. The molecule has 4 rings (SSSR count). The van der Waals surface area contributed by atoms with Crippen molar-refractivity contribution in [3.8, 4) is 5.75 Å². The molecule has 0 amide bonds. The van der Waals surface area contributed by atoms with Crippen molar-refractivity contribution in [3.63, 3.8) is 0 Å². The number of rotatable bonds is 9. The predicted octanol–water partition coefficient (Wildman–Crippen LogP) is 5.03. The number of nitrogens with zero attached hydrogens (tertiary/aromatic N) is 2. The van der Waals surface area contributed by atoms with E-state index in [1.54, 1.807) is 37.4 Å². The number of esters is 1. The molecule has 2 heterocycles. The second-order valence-electron chi connectivity index (χ2n) is 9.46. The van der Waals surface area contributed by atoms with E-state index in [-0.39, 0.29) is 42.4 Å². The van der Waals surface area contributed by atoms with Gasteiger partial charge in [0.1, 0.15) is 16.7 Å². The number of sulfonamides is 1. The van der Waals surface area contributed by atoms with E-state index < -0.39 is 10.0 Å². The zero-order chi connectivity index (χ0) is 26.4. The van der Waals surface area contributed by atoms with Crippen molar-refractivity contribution in [2.45, 2.75) is 63.5 Å². The maximum absolute atomic E-state index is 13.6. The second kappa shape index (κ2) is 11.9. The van der Waals surface area contributed by atoms with Crippen molar-refractivity contribution in [2.75, 3.05) is 13.2 Å².